The van der Waals surface area contributed by atoms with Gasteiger partial charge in [0.05, 0.1) is 42.5 Å². The topological polar surface area (TPSA) is 82.6 Å². The molecule has 10 heteroatoms. The van der Waals surface area contributed by atoms with Gasteiger partial charge in [-0.05, 0) is 44.3 Å². The Labute approximate surface area is 237 Å². The fourth-order valence-corrected chi connectivity index (χ4v) is 3.90. The first kappa shape index (κ1) is 29.5. The van der Waals surface area contributed by atoms with Crippen LogP contribution in [0.15, 0.2) is 36.4 Å². The van der Waals surface area contributed by atoms with Crippen LogP contribution in [0.25, 0.3) is 22.5 Å². The van der Waals surface area contributed by atoms with Crippen LogP contribution in [-0.4, -0.2) is 17.1 Å². The molecule has 4 aromatic rings. The molecule has 0 saturated heterocycles. The molecule has 2 heterocycles. The van der Waals surface area contributed by atoms with Gasteiger partial charge < -0.3 is 9.72 Å². The van der Waals surface area contributed by atoms with Gasteiger partial charge in [0.25, 0.3) is 0 Å². The van der Waals surface area contributed by atoms with E-state index in [0.29, 0.717) is 22.7 Å². The van der Waals surface area contributed by atoms with Crippen LogP contribution >= 0.6 is 0 Å². The summed E-state index contributed by atoms with van der Waals surface area (Å²) >= 11 is 0. The second-order valence-electron chi connectivity index (χ2n) is 8.94. The molecule has 2 aromatic carbocycles. The van der Waals surface area contributed by atoms with E-state index in [1.54, 1.807) is 39.0 Å². The normalized spacial score (nSPS) is 10.8. The standard InChI is InChI=1S/C29H18F4N4O.Pt/c1-15-9-23(17-5-7-21(30)19(13-34)27(17)32)36-25(10-15)29(2,3)26-12-16(38-4)11-24(37-26)18-6-8-22(31)20(14-35)28(18)33;/h7-12H,1-4H3;/q-2;+2. The van der Waals surface area contributed by atoms with E-state index in [4.69, 9.17) is 15.3 Å². The summed E-state index contributed by atoms with van der Waals surface area (Å²) in [5, 5.41) is 18.3. The Bertz CT molecular complexity index is 1680. The molecule has 0 saturated carbocycles. The van der Waals surface area contributed by atoms with Crippen LogP contribution in [0.1, 0.15) is 41.9 Å². The number of aromatic nitrogens is 2. The molecule has 4 rings (SSSR count). The molecule has 0 radical (unpaired) electrons. The van der Waals surface area contributed by atoms with E-state index in [1.165, 1.54) is 25.3 Å². The first-order chi connectivity index (χ1) is 18.0. The minimum Gasteiger partial charge on any atom is -0.497 e. The van der Waals surface area contributed by atoms with Crippen LogP contribution in [0.5, 0.6) is 5.75 Å². The van der Waals surface area contributed by atoms with Crippen LogP contribution in [0.4, 0.5) is 17.6 Å². The molecule has 0 N–H and O–H groups in total. The summed E-state index contributed by atoms with van der Waals surface area (Å²) in [5.74, 6) is -3.95. The summed E-state index contributed by atoms with van der Waals surface area (Å²) in [5.41, 5.74) is -1.21. The zero-order valence-electron chi connectivity index (χ0n) is 21.0. The number of rotatable bonds is 5. The van der Waals surface area contributed by atoms with Gasteiger partial charge in [-0.3, -0.25) is 22.5 Å². The second-order valence-corrected chi connectivity index (χ2v) is 8.94. The maximum atomic E-state index is 15.0. The predicted octanol–water partition coefficient (Wildman–Crippen LogP) is 6.35. The third-order valence-electron chi connectivity index (χ3n) is 6.06. The molecule has 5 nitrogen and oxygen atoms in total. The number of methoxy groups -OCH3 is 1. The van der Waals surface area contributed by atoms with Gasteiger partial charge in [0.1, 0.15) is 5.75 Å². The summed E-state index contributed by atoms with van der Waals surface area (Å²) in [6, 6.07) is 16.1. The Morgan fingerprint density at radius 2 is 1.26 bits per heavy atom. The van der Waals surface area contributed by atoms with Crippen molar-refractivity contribution in [3.63, 3.8) is 0 Å². The van der Waals surface area contributed by atoms with Crippen LogP contribution in [0.3, 0.4) is 0 Å². The first-order valence-corrected chi connectivity index (χ1v) is 11.2. The summed E-state index contributed by atoms with van der Waals surface area (Å²) in [6.45, 7) is 5.32. The van der Waals surface area contributed by atoms with E-state index in [9.17, 15) is 17.6 Å². The molecule has 0 aliphatic rings. The quantitative estimate of drug-likeness (QED) is 0.178. The molecule has 0 aliphatic carbocycles. The zero-order valence-corrected chi connectivity index (χ0v) is 23.3. The molecule has 0 amide bonds. The predicted molar refractivity (Wildman–Crippen MR) is 130 cm³/mol. The third-order valence-corrected chi connectivity index (χ3v) is 6.06. The Kier molecular flexibility index (Phi) is 8.58. The number of hydrogen-bond donors (Lipinski definition) is 0. The summed E-state index contributed by atoms with van der Waals surface area (Å²) in [7, 11) is 1.41. The first-order valence-electron chi connectivity index (χ1n) is 11.2. The van der Waals surface area contributed by atoms with Crippen molar-refractivity contribution in [3.05, 3.63) is 99.9 Å². The van der Waals surface area contributed by atoms with Crippen LogP contribution in [0, 0.1) is 65.0 Å². The monoisotopic (exact) mass is 709 g/mol. The van der Waals surface area contributed by atoms with E-state index < -0.39 is 39.8 Å². The van der Waals surface area contributed by atoms with Crippen LogP contribution < -0.4 is 4.74 Å². The van der Waals surface area contributed by atoms with E-state index in [0.717, 1.165) is 12.1 Å². The number of aryl methyl sites for hydroxylation is 1. The van der Waals surface area contributed by atoms with E-state index in [2.05, 4.69) is 22.1 Å². The summed E-state index contributed by atoms with van der Waals surface area (Å²) in [4.78, 5) is 9.13. The van der Waals surface area contributed by atoms with Gasteiger partial charge in [0.2, 0.25) is 0 Å². The molecule has 2 aromatic heterocycles. The van der Waals surface area contributed by atoms with Crippen molar-refractivity contribution in [2.75, 3.05) is 7.11 Å². The molecule has 0 spiro atoms. The molecule has 0 unspecified atom stereocenters. The van der Waals surface area contributed by atoms with Gasteiger partial charge in [-0.2, -0.15) is 10.5 Å². The average molecular weight is 710 g/mol. The second kappa shape index (κ2) is 11.4. The Hall–Kier alpha value is -4.07. The molecule has 0 aliphatic heterocycles. The minimum absolute atomic E-state index is 0. The van der Waals surface area contributed by atoms with Crippen molar-refractivity contribution in [1.82, 2.24) is 9.97 Å². The number of pyridine rings is 2. The smallest absolute Gasteiger partial charge is 0.497 e. The number of nitriles is 2. The van der Waals surface area contributed by atoms with E-state index in [-0.39, 0.29) is 43.6 Å². The van der Waals surface area contributed by atoms with Gasteiger partial charge in [0.15, 0.2) is 0 Å². The van der Waals surface area contributed by atoms with E-state index in [1.807, 2.05) is 0 Å². The largest absolute Gasteiger partial charge is 2.00 e. The Morgan fingerprint density at radius 3 is 1.72 bits per heavy atom. The van der Waals surface area contributed by atoms with Gasteiger partial charge in [0, 0.05) is 34.0 Å². The Balaban J connectivity index is 0.00000420. The van der Waals surface area contributed by atoms with Crippen molar-refractivity contribution in [1.29, 1.82) is 10.5 Å². The average Bonchev–Trinajstić information content (AvgIpc) is 2.88. The van der Waals surface area contributed by atoms with Crippen molar-refractivity contribution in [3.8, 4) is 40.4 Å². The van der Waals surface area contributed by atoms with Crippen LogP contribution in [-0.2, 0) is 26.5 Å². The maximum Gasteiger partial charge on any atom is 2.00 e. The van der Waals surface area contributed by atoms with E-state index >= 15 is 0 Å². The van der Waals surface area contributed by atoms with Crippen molar-refractivity contribution < 1.29 is 43.4 Å². The maximum absolute atomic E-state index is 15.0. The molecule has 0 bridgehead atoms. The number of nitrogens with zero attached hydrogens (tertiary/aromatic N) is 4. The number of hydrogen-bond acceptors (Lipinski definition) is 5. The van der Waals surface area contributed by atoms with Crippen molar-refractivity contribution >= 4 is 0 Å². The molecule has 0 fully saturated rings. The van der Waals surface area contributed by atoms with Crippen molar-refractivity contribution in [2.24, 2.45) is 0 Å². The Morgan fingerprint density at radius 1 is 0.795 bits per heavy atom. The van der Waals surface area contributed by atoms with Gasteiger partial charge >= 0.3 is 21.1 Å². The fraction of sp³-hybridized carbons (Fsp3) is 0.172. The van der Waals surface area contributed by atoms with Gasteiger partial charge in [-0.1, -0.05) is 22.8 Å². The van der Waals surface area contributed by atoms with Crippen LogP contribution in [0.2, 0.25) is 0 Å². The zero-order chi connectivity index (χ0) is 27.8. The van der Waals surface area contributed by atoms with Gasteiger partial charge in [-0.25, -0.2) is 0 Å². The SMILES string of the molecule is COc1cc(-c2[c-]cc(F)c(C#N)c2F)nc(C(C)(C)c2cc(C)cc(-c3[c-]cc(F)c(C#N)c3F)n2)c1.[Pt+2]. The molecule has 198 valence electrons. The molecular weight excluding hydrogens is 691 g/mol. The van der Waals surface area contributed by atoms with Gasteiger partial charge in [-0.15, -0.1) is 24.3 Å². The fourth-order valence-electron chi connectivity index (χ4n) is 3.90. The molecular formula is C29H18F4N4OPt. The number of benzene rings is 2. The summed E-state index contributed by atoms with van der Waals surface area (Å²) in [6.07, 6.45) is 0. The molecule has 39 heavy (non-hydrogen) atoms. The third kappa shape index (κ3) is 5.41. The number of halogens is 4. The summed E-state index contributed by atoms with van der Waals surface area (Å²) < 4.78 is 63.0. The number of ether oxygens (including phenoxy) is 1. The molecule has 0 atom stereocenters. The minimum atomic E-state index is -1.11. The van der Waals surface area contributed by atoms with Crippen molar-refractivity contribution in [2.45, 2.75) is 26.2 Å².